The standard InChI is InChI=1S/C49H33N3O/c1-4-15-34(16-5-1)36-19-12-23-39(31-36)51(40-24-13-20-37(32-40)35-17-6-2-7-18-35)41-29-30-42-46(33-41)52(38-21-8-3-9-22-38)45-27-14-25-43(48(42)45)49-50-44-26-10-11-28-47(44)53-49/h1-33H. The predicted molar refractivity (Wildman–Crippen MR) is 219 cm³/mol. The first-order valence-corrected chi connectivity index (χ1v) is 17.9. The van der Waals surface area contributed by atoms with Crippen molar-refractivity contribution >= 4 is 50.0 Å². The molecule has 0 atom stereocenters. The van der Waals surface area contributed by atoms with Crippen LogP contribution in [0.4, 0.5) is 17.1 Å². The van der Waals surface area contributed by atoms with E-state index in [4.69, 9.17) is 9.40 Å². The summed E-state index contributed by atoms with van der Waals surface area (Å²) in [6, 6.07) is 70.5. The van der Waals surface area contributed by atoms with Gasteiger partial charge in [-0.05, 0) is 95.1 Å². The summed E-state index contributed by atoms with van der Waals surface area (Å²) in [4.78, 5) is 7.30. The van der Waals surface area contributed by atoms with E-state index in [1.807, 2.05) is 24.3 Å². The predicted octanol–water partition coefficient (Wildman–Crippen LogP) is 13.4. The fourth-order valence-corrected chi connectivity index (χ4v) is 7.57. The fraction of sp³-hybridized carbons (Fsp3) is 0. The molecule has 0 N–H and O–H groups in total. The molecule has 4 heteroatoms. The van der Waals surface area contributed by atoms with Gasteiger partial charge in [0, 0.05) is 39.1 Å². The van der Waals surface area contributed by atoms with Crippen molar-refractivity contribution in [2.45, 2.75) is 0 Å². The number of oxazole rings is 1. The van der Waals surface area contributed by atoms with Crippen molar-refractivity contribution in [1.29, 1.82) is 0 Å². The van der Waals surface area contributed by atoms with Crippen molar-refractivity contribution < 1.29 is 4.42 Å². The molecule has 2 aromatic heterocycles. The molecular formula is C49H33N3O. The second-order valence-electron chi connectivity index (χ2n) is 13.2. The van der Waals surface area contributed by atoms with E-state index in [0.717, 1.165) is 72.3 Å². The highest BCUT2D eigenvalue weighted by atomic mass is 16.3. The molecule has 10 aromatic rings. The molecule has 0 spiro atoms. The molecule has 0 fully saturated rings. The summed E-state index contributed by atoms with van der Waals surface area (Å²) in [7, 11) is 0. The Kier molecular flexibility index (Phi) is 7.43. The molecular weight excluding hydrogens is 647 g/mol. The van der Waals surface area contributed by atoms with Crippen LogP contribution in [0.3, 0.4) is 0 Å². The fourth-order valence-electron chi connectivity index (χ4n) is 7.57. The average Bonchev–Trinajstić information content (AvgIpc) is 3.82. The maximum atomic E-state index is 6.37. The Morgan fingerprint density at radius 3 is 1.66 bits per heavy atom. The van der Waals surface area contributed by atoms with Crippen LogP contribution in [-0.4, -0.2) is 9.55 Å². The lowest BCUT2D eigenvalue weighted by Crippen LogP contribution is -2.10. The number of hydrogen-bond donors (Lipinski definition) is 0. The molecule has 0 aliphatic carbocycles. The zero-order valence-electron chi connectivity index (χ0n) is 28.8. The first kappa shape index (κ1) is 30.6. The number of para-hydroxylation sites is 3. The largest absolute Gasteiger partial charge is 0.436 e. The zero-order valence-corrected chi connectivity index (χ0v) is 28.8. The highest BCUT2D eigenvalue weighted by molar-refractivity contribution is 6.16. The van der Waals surface area contributed by atoms with Crippen molar-refractivity contribution in [2.24, 2.45) is 0 Å². The molecule has 0 bridgehead atoms. The van der Waals surface area contributed by atoms with Gasteiger partial charge in [-0.25, -0.2) is 4.98 Å². The van der Waals surface area contributed by atoms with Crippen LogP contribution in [0.5, 0.6) is 0 Å². The molecule has 0 saturated heterocycles. The van der Waals surface area contributed by atoms with Crippen LogP contribution in [0, 0.1) is 0 Å². The number of anilines is 3. The second kappa shape index (κ2) is 12.9. The Hall–Kier alpha value is -7.17. The van der Waals surface area contributed by atoms with E-state index in [0.29, 0.717) is 5.89 Å². The third-order valence-electron chi connectivity index (χ3n) is 9.99. The van der Waals surface area contributed by atoms with E-state index in [1.165, 1.54) is 11.1 Å². The summed E-state index contributed by atoms with van der Waals surface area (Å²) in [5.41, 5.74) is 13.7. The van der Waals surface area contributed by atoms with Crippen LogP contribution in [-0.2, 0) is 0 Å². The van der Waals surface area contributed by atoms with E-state index >= 15 is 0 Å². The van der Waals surface area contributed by atoms with Gasteiger partial charge in [0.2, 0.25) is 5.89 Å². The smallest absolute Gasteiger partial charge is 0.228 e. The van der Waals surface area contributed by atoms with Crippen molar-refractivity contribution in [3.63, 3.8) is 0 Å². The van der Waals surface area contributed by atoms with Gasteiger partial charge in [0.25, 0.3) is 0 Å². The molecule has 2 heterocycles. The van der Waals surface area contributed by atoms with Crippen molar-refractivity contribution in [1.82, 2.24) is 9.55 Å². The summed E-state index contributed by atoms with van der Waals surface area (Å²) in [5, 5.41) is 2.23. The molecule has 0 aliphatic rings. The Balaban J connectivity index is 1.22. The maximum absolute atomic E-state index is 6.37. The monoisotopic (exact) mass is 679 g/mol. The van der Waals surface area contributed by atoms with Gasteiger partial charge in [-0.1, -0.05) is 127 Å². The van der Waals surface area contributed by atoms with Crippen molar-refractivity contribution in [2.75, 3.05) is 4.90 Å². The Morgan fingerprint density at radius 1 is 0.434 bits per heavy atom. The van der Waals surface area contributed by atoms with Gasteiger partial charge in [0.1, 0.15) is 5.52 Å². The molecule has 0 aliphatic heterocycles. The van der Waals surface area contributed by atoms with E-state index in [1.54, 1.807) is 0 Å². The highest BCUT2D eigenvalue weighted by Gasteiger charge is 2.22. The normalized spacial score (nSPS) is 11.4. The van der Waals surface area contributed by atoms with Gasteiger partial charge in [-0.3, -0.25) is 0 Å². The number of hydrogen-bond acceptors (Lipinski definition) is 3. The molecule has 0 saturated carbocycles. The molecule has 0 radical (unpaired) electrons. The summed E-state index contributed by atoms with van der Waals surface area (Å²) >= 11 is 0. The van der Waals surface area contributed by atoms with Crippen LogP contribution in [0.2, 0.25) is 0 Å². The summed E-state index contributed by atoms with van der Waals surface area (Å²) in [6.45, 7) is 0. The Morgan fingerprint density at radius 2 is 1.00 bits per heavy atom. The van der Waals surface area contributed by atoms with Gasteiger partial charge >= 0.3 is 0 Å². The van der Waals surface area contributed by atoms with E-state index < -0.39 is 0 Å². The molecule has 10 rings (SSSR count). The van der Waals surface area contributed by atoms with Gasteiger partial charge in [0.15, 0.2) is 5.58 Å². The molecule has 0 unspecified atom stereocenters. The minimum atomic E-state index is 0.616. The second-order valence-corrected chi connectivity index (χ2v) is 13.2. The van der Waals surface area contributed by atoms with Crippen LogP contribution >= 0.6 is 0 Å². The number of fused-ring (bicyclic) bond motifs is 4. The first-order valence-electron chi connectivity index (χ1n) is 17.9. The minimum absolute atomic E-state index is 0.616. The van der Waals surface area contributed by atoms with Gasteiger partial charge < -0.3 is 13.9 Å². The SMILES string of the molecule is c1ccc(-c2cccc(N(c3cccc(-c4ccccc4)c3)c3ccc4c5c(-c6nc7ccccc7o6)cccc5n(-c5ccccc5)c4c3)c2)cc1. The average molecular weight is 680 g/mol. The highest BCUT2D eigenvalue weighted by Crippen LogP contribution is 2.43. The zero-order chi connectivity index (χ0) is 35.1. The summed E-state index contributed by atoms with van der Waals surface area (Å²) in [5.74, 6) is 0.616. The lowest BCUT2D eigenvalue weighted by molar-refractivity contribution is 0.620. The third-order valence-corrected chi connectivity index (χ3v) is 9.99. The molecule has 250 valence electrons. The van der Waals surface area contributed by atoms with E-state index in [2.05, 4.69) is 185 Å². The molecule has 0 amide bonds. The van der Waals surface area contributed by atoms with Crippen LogP contribution in [0.15, 0.2) is 205 Å². The maximum Gasteiger partial charge on any atom is 0.228 e. The van der Waals surface area contributed by atoms with Gasteiger partial charge in [0.05, 0.1) is 11.0 Å². The lowest BCUT2D eigenvalue weighted by atomic mass is 10.0. The minimum Gasteiger partial charge on any atom is -0.436 e. The van der Waals surface area contributed by atoms with Crippen molar-refractivity contribution in [3.05, 3.63) is 200 Å². The summed E-state index contributed by atoms with van der Waals surface area (Å²) < 4.78 is 8.73. The Labute approximate surface area is 307 Å². The molecule has 4 nitrogen and oxygen atoms in total. The molecule has 53 heavy (non-hydrogen) atoms. The van der Waals surface area contributed by atoms with Crippen LogP contribution < -0.4 is 4.90 Å². The number of rotatable bonds is 7. The van der Waals surface area contributed by atoms with E-state index in [-0.39, 0.29) is 0 Å². The van der Waals surface area contributed by atoms with Gasteiger partial charge in [-0.2, -0.15) is 0 Å². The van der Waals surface area contributed by atoms with Crippen LogP contribution in [0.25, 0.3) is 72.3 Å². The number of benzene rings is 8. The number of nitrogens with zero attached hydrogens (tertiary/aromatic N) is 3. The summed E-state index contributed by atoms with van der Waals surface area (Å²) in [6.07, 6.45) is 0. The topological polar surface area (TPSA) is 34.2 Å². The van der Waals surface area contributed by atoms with Crippen LogP contribution in [0.1, 0.15) is 0 Å². The number of aromatic nitrogens is 2. The van der Waals surface area contributed by atoms with Crippen molar-refractivity contribution in [3.8, 4) is 39.4 Å². The quantitative estimate of drug-likeness (QED) is 0.168. The third kappa shape index (κ3) is 5.45. The van der Waals surface area contributed by atoms with E-state index in [9.17, 15) is 0 Å². The van der Waals surface area contributed by atoms with Gasteiger partial charge in [-0.15, -0.1) is 0 Å². The first-order chi connectivity index (χ1) is 26.3. The Bertz CT molecular complexity index is 2780. The molecule has 8 aromatic carbocycles. The lowest BCUT2D eigenvalue weighted by Gasteiger charge is -2.27.